The van der Waals surface area contributed by atoms with E-state index in [1.165, 1.54) is 6.07 Å². The van der Waals surface area contributed by atoms with Gasteiger partial charge in [-0.05, 0) is 31.0 Å². The molecule has 1 aliphatic rings. The van der Waals surface area contributed by atoms with Gasteiger partial charge >= 0.3 is 6.18 Å². The molecule has 1 fully saturated rings. The van der Waals surface area contributed by atoms with Crippen molar-refractivity contribution in [1.29, 1.82) is 0 Å². The summed E-state index contributed by atoms with van der Waals surface area (Å²) in [6.07, 6.45) is -3.73. The Morgan fingerprint density at radius 1 is 1.41 bits per heavy atom. The minimum Gasteiger partial charge on any atom is -0.379 e. The number of hydrogen-bond donors (Lipinski definition) is 1. The highest BCUT2D eigenvalue weighted by Gasteiger charge is 2.34. The number of rotatable bonds is 6. The van der Waals surface area contributed by atoms with Crippen molar-refractivity contribution in [3.05, 3.63) is 35.1 Å². The molecule has 0 saturated carbocycles. The second-order valence-electron chi connectivity index (χ2n) is 5.41. The van der Waals surface area contributed by atoms with E-state index in [-0.39, 0.29) is 18.7 Å². The lowest BCUT2D eigenvalue weighted by atomic mass is 10.1. The highest BCUT2D eigenvalue weighted by molar-refractivity contribution is 5.27. The van der Waals surface area contributed by atoms with Crippen molar-refractivity contribution in [3.8, 4) is 0 Å². The summed E-state index contributed by atoms with van der Waals surface area (Å²) in [5, 5.41) is 3.07. The van der Waals surface area contributed by atoms with Crippen LogP contribution in [0.4, 0.5) is 17.6 Å². The molecule has 0 bridgehead atoms. The van der Waals surface area contributed by atoms with Crippen molar-refractivity contribution in [3.63, 3.8) is 0 Å². The highest BCUT2D eigenvalue weighted by Crippen LogP contribution is 2.31. The number of benzene rings is 1. The maximum Gasteiger partial charge on any atom is 0.419 e. The first-order chi connectivity index (χ1) is 10.4. The number of halogens is 4. The van der Waals surface area contributed by atoms with Gasteiger partial charge in [0.2, 0.25) is 0 Å². The standard InChI is InChI=1S/C15H19F4NO2/c1-10(8-22-12-4-5-21-9-12)20-7-11-2-3-14(16)13(6-11)15(17,18)19/h2-3,6,10,12,20H,4-5,7-9H2,1H3/t10-,12+/m1/s1. The van der Waals surface area contributed by atoms with Crippen LogP contribution < -0.4 is 5.32 Å². The lowest BCUT2D eigenvalue weighted by molar-refractivity contribution is -0.140. The van der Waals surface area contributed by atoms with Gasteiger partial charge in [-0.25, -0.2) is 4.39 Å². The summed E-state index contributed by atoms with van der Waals surface area (Å²) in [5.74, 6) is -1.26. The van der Waals surface area contributed by atoms with E-state index in [1.54, 1.807) is 0 Å². The molecule has 1 heterocycles. The Morgan fingerprint density at radius 3 is 2.82 bits per heavy atom. The lowest BCUT2D eigenvalue weighted by Gasteiger charge is -2.17. The monoisotopic (exact) mass is 321 g/mol. The molecule has 0 aromatic heterocycles. The molecule has 7 heteroatoms. The van der Waals surface area contributed by atoms with Gasteiger partial charge in [0.25, 0.3) is 0 Å². The van der Waals surface area contributed by atoms with Crippen LogP contribution in [0, 0.1) is 5.82 Å². The third kappa shape index (κ3) is 4.93. The van der Waals surface area contributed by atoms with Crippen LogP contribution in [0.25, 0.3) is 0 Å². The van der Waals surface area contributed by atoms with Crippen molar-refractivity contribution in [2.45, 2.75) is 38.2 Å². The summed E-state index contributed by atoms with van der Waals surface area (Å²) < 4.78 is 61.9. The molecular weight excluding hydrogens is 302 g/mol. The van der Waals surface area contributed by atoms with Crippen molar-refractivity contribution < 1.29 is 27.0 Å². The Labute approximate surface area is 126 Å². The van der Waals surface area contributed by atoms with Gasteiger partial charge < -0.3 is 14.8 Å². The zero-order valence-electron chi connectivity index (χ0n) is 12.3. The Morgan fingerprint density at radius 2 is 2.18 bits per heavy atom. The average molecular weight is 321 g/mol. The van der Waals surface area contributed by atoms with Gasteiger partial charge in [0.15, 0.2) is 0 Å². The van der Waals surface area contributed by atoms with Crippen LogP contribution in [0.5, 0.6) is 0 Å². The number of hydrogen-bond acceptors (Lipinski definition) is 3. The van der Waals surface area contributed by atoms with Crippen LogP contribution in [0.1, 0.15) is 24.5 Å². The Hall–Kier alpha value is -1.18. The second-order valence-corrected chi connectivity index (χ2v) is 5.41. The van der Waals surface area contributed by atoms with Gasteiger partial charge in [-0.3, -0.25) is 0 Å². The predicted octanol–water partition coefficient (Wildman–Crippen LogP) is 3.13. The number of alkyl halides is 3. The summed E-state index contributed by atoms with van der Waals surface area (Å²) >= 11 is 0. The molecule has 22 heavy (non-hydrogen) atoms. The molecule has 1 aliphatic heterocycles. The van der Waals surface area contributed by atoms with E-state index in [4.69, 9.17) is 9.47 Å². The smallest absolute Gasteiger partial charge is 0.379 e. The van der Waals surface area contributed by atoms with Crippen LogP contribution in [-0.2, 0) is 22.2 Å². The minimum absolute atomic E-state index is 0.0278. The first-order valence-corrected chi connectivity index (χ1v) is 7.14. The first-order valence-electron chi connectivity index (χ1n) is 7.14. The quantitative estimate of drug-likeness (QED) is 0.817. The lowest BCUT2D eigenvalue weighted by Crippen LogP contribution is -2.32. The molecular formula is C15H19F4NO2. The Bertz CT molecular complexity index is 487. The van der Waals surface area contributed by atoms with E-state index < -0.39 is 17.6 Å². The van der Waals surface area contributed by atoms with Crippen molar-refractivity contribution in [2.24, 2.45) is 0 Å². The van der Waals surface area contributed by atoms with Gasteiger partial charge in [0.1, 0.15) is 5.82 Å². The largest absolute Gasteiger partial charge is 0.419 e. The van der Waals surface area contributed by atoms with Crippen molar-refractivity contribution in [2.75, 3.05) is 19.8 Å². The van der Waals surface area contributed by atoms with Gasteiger partial charge in [0.05, 0.1) is 24.9 Å². The van der Waals surface area contributed by atoms with E-state index in [0.29, 0.717) is 25.4 Å². The maximum atomic E-state index is 13.2. The summed E-state index contributed by atoms with van der Waals surface area (Å²) in [6.45, 7) is 3.82. The summed E-state index contributed by atoms with van der Waals surface area (Å²) in [7, 11) is 0. The molecule has 0 radical (unpaired) electrons. The molecule has 0 amide bonds. The molecule has 1 aromatic carbocycles. The predicted molar refractivity (Wildman–Crippen MR) is 72.9 cm³/mol. The normalized spacial score (nSPS) is 20.3. The fourth-order valence-corrected chi connectivity index (χ4v) is 2.18. The molecule has 0 spiro atoms. The maximum absolute atomic E-state index is 13.2. The number of ether oxygens (including phenoxy) is 2. The molecule has 2 atom stereocenters. The summed E-state index contributed by atoms with van der Waals surface area (Å²) in [4.78, 5) is 0. The van der Waals surface area contributed by atoms with Crippen LogP contribution in [-0.4, -0.2) is 32.0 Å². The zero-order chi connectivity index (χ0) is 16.2. The fraction of sp³-hybridized carbons (Fsp3) is 0.600. The van der Waals surface area contributed by atoms with Crippen molar-refractivity contribution >= 4 is 0 Å². The molecule has 1 N–H and O–H groups in total. The highest BCUT2D eigenvalue weighted by atomic mass is 19.4. The van der Waals surface area contributed by atoms with Crippen LogP contribution in [0.3, 0.4) is 0 Å². The first kappa shape index (κ1) is 17.2. The fourth-order valence-electron chi connectivity index (χ4n) is 2.18. The van der Waals surface area contributed by atoms with Crippen LogP contribution in [0.15, 0.2) is 18.2 Å². The molecule has 124 valence electrons. The Kier molecular flexibility index (Phi) is 5.77. The third-order valence-electron chi connectivity index (χ3n) is 3.46. The van der Waals surface area contributed by atoms with Gasteiger partial charge in [0, 0.05) is 19.2 Å². The van der Waals surface area contributed by atoms with E-state index in [1.807, 2.05) is 6.92 Å². The SMILES string of the molecule is C[C@H](CO[C@H]1CCOC1)NCc1ccc(F)c(C(F)(F)F)c1. The molecule has 0 unspecified atom stereocenters. The third-order valence-corrected chi connectivity index (χ3v) is 3.46. The minimum atomic E-state index is -4.68. The summed E-state index contributed by atoms with van der Waals surface area (Å²) in [5.41, 5.74) is -0.858. The molecule has 3 nitrogen and oxygen atoms in total. The van der Waals surface area contributed by atoms with Gasteiger partial charge in [-0.2, -0.15) is 13.2 Å². The topological polar surface area (TPSA) is 30.5 Å². The van der Waals surface area contributed by atoms with E-state index >= 15 is 0 Å². The zero-order valence-corrected chi connectivity index (χ0v) is 12.3. The van der Waals surface area contributed by atoms with E-state index in [0.717, 1.165) is 18.6 Å². The van der Waals surface area contributed by atoms with Gasteiger partial charge in [-0.1, -0.05) is 6.07 Å². The van der Waals surface area contributed by atoms with Crippen molar-refractivity contribution in [1.82, 2.24) is 5.32 Å². The molecule has 1 saturated heterocycles. The van der Waals surface area contributed by atoms with Gasteiger partial charge in [-0.15, -0.1) is 0 Å². The number of nitrogens with one attached hydrogen (secondary N) is 1. The second kappa shape index (κ2) is 7.39. The average Bonchev–Trinajstić information content (AvgIpc) is 2.96. The molecule has 2 rings (SSSR count). The van der Waals surface area contributed by atoms with Crippen LogP contribution >= 0.6 is 0 Å². The van der Waals surface area contributed by atoms with Crippen LogP contribution in [0.2, 0.25) is 0 Å². The Balaban J connectivity index is 1.83. The van der Waals surface area contributed by atoms with E-state index in [2.05, 4.69) is 5.32 Å². The molecule has 1 aromatic rings. The summed E-state index contributed by atoms with van der Waals surface area (Å²) in [6, 6.07) is 2.99. The molecule has 0 aliphatic carbocycles. The van der Waals surface area contributed by atoms with E-state index in [9.17, 15) is 17.6 Å².